The predicted molar refractivity (Wildman–Crippen MR) is 112 cm³/mol. The molecule has 7 heteroatoms. The van der Waals surface area contributed by atoms with E-state index >= 15 is 0 Å². The normalized spacial score (nSPS) is 13.3. The monoisotopic (exact) mass is 407 g/mol. The number of amides is 1. The van der Waals surface area contributed by atoms with Crippen LogP contribution in [0, 0.1) is 6.92 Å². The Labute approximate surface area is 169 Å². The van der Waals surface area contributed by atoms with Crippen molar-refractivity contribution in [2.24, 2.45) is 7.05 Å². The fourth-order valence-electron chi connectivity index (χ4n) is 2.56. The number of nitrogens with one attached hydrogen (secondary N) is 1. The molecule has 0 radical (unpaired) electrons. The molecule has 5 nitrogen and oxygen atoms in total. The van der Waals surface area contributed by atoms with Crippen LogP contribution in [0.5, 0.6) is 0 Å². The molecular formula is C20H26ClN3O2S. The summed E-state index contributed by atoms with van der Waals surface area (Å²) in [7, 11) is 1.69. The van der Waals surface area contributed by atoms with E-state index in [0.29, 0.717) is 27.9 Å². The van der Waals surface area contributed by atoms with E-state index < -0.39 is 0 Å². The molecule has 2 atom stereocenters. The van der Waals surface area contributed by atoms with Gasteiger partial charge in [0.05, 0.1) is 5.25 Å². The van der Waals surface area contributed by atoms with E-state index in [1.807, 2.05) is 45.9 Å². The first kappa shape index (κ1) is 21.5. The van der Waals surface area contributed by atoms with Gasteiger partial charge in [-0.3, -0.25) is 14.2 Å². The third-order valence-corrected chi connectivity index (χ3v) is 5.85. The van der Waals surface area contributed by atoms with Crippen LogP contribution < -0.4 is 10.9 Å². The second-order valence-electron chi connectivity index (χ2n) is 6.71. The van der Waals surface area contributed by atoms with Crippen molar-refractivity contribution >= 4 is 29.3 Å². The van der Waals surface area contributed by atoms with Gasteiger partial charge in [0.15, 0.2) is 5.16 Å². The molecule has 0 spiro atoms. The van der Waals surface area contributed by atoms with Crippen LogP contribution >= 0.6 is 23.4 Å². The second kappa shape index (κ2) is 9.42. The maximum atomic E-state index is 12.9. The van der Waals surface area contributed by atoms with Crippen molar-refractivity contribution in [1.82, 2.24) is 14.9 Å². The summed E-state index contributed by atoms with van der Waals surface area (Å²) in [5.74, 6) is -0.0516. The Kier molecular flexibility index (Phi) is 7.50. The molecule has 0 fully saturated rings. The van der Waals surface area contributed by atoms with E-state index in [9.17, 15) is 9.59 Å². The number of thioether (sulfide) groups is 1. The van der Waals surface area contributed by atoms with Gasteiger partial charge in [-0.15, -0.1) is 0 Å². The largest absolute Gasteiger partial charge is 0.353 e. The first-order valence-electron chi connectivity index (χ1n) is 9.00. The molecule has 146 valence electrons. The van der Waals surface area contributed by atoms with E-state index in [2.05, 4.69) is 10.3 Å². The van der Waals surface area contributed by atoms with E-state index in [0.717, 1.165) is 12.0 Å². The molecule has 0 aliphatic carbocycles. The molecule has 27 heavy (non-hydrogen) atoms. The summed E-state index contributed by atoms with van der Waals surface area (Å²) in [5.41, 5.74) is 2.18. The number of carbonyl (C=O) groups excluding carboxylic acids is 1. The average Bonchev–Trinajstić information content (AvgIpc) is 2.62. The van der Waals surface area contributed by atoms with Crippen molar-refractivity contribution in [3.05, 3.63) is 56.5 Å². The van der Waals surface area contributed by atoms with Crippen LogP contribution in [0.3, 0.4) is 0 Å². The SMILES string of the molecule is CCC(C)NC(=O)C(C)Sc1nc(C)c(Cc2cccc(Cl)c2)c(=O)n1C. The molecule has 2 unspecified atom stereocenters. The topological polar surface area (TPSA) is 64.0 Å². The molecule has 0 saturated heterocycles. The van der Waals surface area contributed by atoms with Gasteiger partial charge in [-0.05, 0) is 44.9 Å². The molecule has 1 aromatic heterocycles. The highest BCUT2D eigenvalue weighted by Crippen LogP contribution is 2.22. The number of carbonyl (C=O) groups is 1. The third-order valence-electron chi connectivity index (χ3n) is 4.47. The van der Waals surface area contributed by atoms with Crippen LogP contribution in [0.4, 0.5) is 0 Å². The lowest BCUT2D eigenvalue weighted by Gasteiger charge is -2.17. The lowest BCUT2D eigenvalue weighted by atomic mass is 10.1. The van der Waals surface area contributed by atoms with E-state index in [1.54, 1.807) is 13.1 Å². The molecule has 1 N–H and O–H groups in total. The van der Waals surface area contributed by atoms with Gasteiger partial charge in [-0.1, -0.05) is 42.4 Å². The van der Waals surface area contributed by atoms with Crippen molar-refractivity contribution in [3.8, 4) is 0 Å². The Morgan fingerprint density at radius 3 is 2.70 bits per heavy atom. The fraction of sp³-hybridized carbons (Fsp3) is 0.450. The van der Waals surface area contributed by atoms with Crippen LogP contribution in [-0.2, 0) is 18.3 Å². The lowest BCUT2D eigenvalue weighted by molar-refractivity contribution is -0.120. The summed E-state index contributed by atoms with van der Waals surface area (Å²) in [6, 6.07) is 7.59. The standard InChI is InChI=1S/C20H26ClN3O2S/c1-6-12(2)22-18(25)14(4)27-20-23-13(3)17(19(26)24(20)5)11-15-8-7-9-16(21)10-15/h7-10,12,14H,6,11H2,1-5H3,(H,22,25). The molecule has 1 amide bonds. The van der Waals surface area contributed by atoms with Crippen molar-refractivity contribution in [1.29, 1.82) is 0 Å². The van der Waals surface area contributed by atoms with Crippen molar-refractivity contribution < 1.29 is 4.79 Å². The molecule has 0 bridgehead atoms. The van der Waals surface area contributed by atoms with Crippen LogP contribution in [0.15, 0.2) is 34.2 Å². The molecule has 0 aliphatic rings. The van der Waals surface area contributed by atoms with Crippen LogP contribution in [0.2, 0.25) is 5.02 Å². The average molecular weight is 408 g/mol. The Morgan fingerprint density at radius 2 is 2.07 bits per heavy atom. The number of nitrogens with zero attached hydrogens (tertiary/aromatic N) is 2. The Bertz CT molecular complexity index is 882. The quantitative estimate of drug-likeness (QED) is 0.561. The molecular weight excluding hydrogens is 382 g/mol. The molecule has 2 aromatic rings. The van der Waals surface area contributed by atoms with Gasteiger partial charge >= 0.3 is 0 Å². The highest BCUT2D eigenvalue weighted by molar-refractivity contribution is 8.00. The molecule has 2 rings (SSSR count). The number of hydrogen-bond donors (Lipinski definition) is 1. The fourth-order valence-corrected chi connectivity index (χ4v) is 3.70. The van der Waals surface area contributed by atoms with Crippen molar-refractivity contribution in [2.75, 3.05) is 0 Å². The van der Waals surface area contributed by atoms with Gasteiger partial charge in [0.2, 0.25) is 5.91 Å². The minimum Gasteiger partial charge on any atom is -0.353 e. The van der Waals surface area contributed by atoms with Crippen molar-refractivity contribution in [2.45, 2.75) is 57.0 Å². The summed E-state index contributed by atoms with van der Waals surface area (Å²) in [4.78, 5) is 29.7. The van der Waals surface area contributed by atoms with Crippen LogP contribution in [-0.4, -0.2) is 26.8 Å². The van der Waals surface area contributed by atoms with Crippen molar-refractivity contribution in [3.63, 3.8) is 0 Å². The molecule has 0 aliphatic heterocycles. The summed E-state index contributed by atoms with van der Waals surface area (Å²) < 4.78 is 1.52. The first-order valence-corrected chi connectivity index (χ1v) is 10.3. The van der Waals surface area contributed by atoms with Gasteiger partial charge in [0.1, 0.15) is 0 Å². The Hall–Kier alpha value is -1.79. The highest BCUT2D eigenvalue weighted by Gasteiger charge is 2.20. The number of halogens is 1. The number of hydrogen-bond acceptors (Lipinski definition) is 4. The number of aromatic nitrogens is 2. The van der Waals surface area contributed by atoms with Gasteiger partial charge in [0.25, 0.3) is 5.56 Å². The van der Waals surface area contributed by atoms with Crippen LogP contribution in [0.1, 0.15) is 44.0 Å². The zero-order chi connectivity index (χ0) is 20.1. The molecule has 1 aromatic carbocycles. The van der Waals surface area contributed by atoms with E-state index in [-0.39, 0.29) is 22.8 Å². The number of aryl methyl sites for hydroxylation is 1. The number of benzene rings is 1. The first-order chi connectivity index (χ1) is 12.7. The Morgan fingerprint density at radius 1 is 1.37 bits per heavy atom. The predicted octanol–water partition coefficient (Wildman–Crippen LogP) is 3.73. The summed E-state index contributed by atoms with van der Waals surface area (Å²) >= 11 is 7.34. The molecule has 1 heterocycles. The zero-order valence-corrected chi connectivity index (χ0v) is 17.9. The summed E-state index contributed by atoms with van der Waals surface area (Å²) in [6.45, 7) is 7.65. The van der Waals surface area contributed by atoms with Gasteiger partial charge < -0.3 is 5.32 Å². The van der Waals surface area contributed by atoms with Gasteiger partial charge in [-0.25, -0.2) is 4.98 Å². The second-order valence-corrected chi connectivity index (χ2v) is 8.45. The smallest absolute Gasteiger partial charge is 0.257 e. The maximum absolute atomic E-state index is 12.9. The van der Waals surface area contributed by atoms with Gasteiger partial charge in [-0.2, -0.15) is 0 Å². The van der Waals surface area contributed by atoms with Gasteiger partial charge in [0, 0.05) is 35.8 Å². The minimum absolute atomic E-state index is 0.0516. The Balaban J connectivity index is 2.23. The lowest BCUT2D eigenvalue weighted by Crippen LogP contribution is -2.37. The van der Waals surface area contributed by atoms with Crippen LogP contribution in [0.25, 0.3) is 0 Å². The maximum Gasteiger partial charge on any atom is 0.257 e. The van der Waals surface area contributed by atoms with E-state index in [1.165, 1.54) is 16.3 Å². The summed E-state index contributed by atoms with van der Waals surface area (Å²) in [6.07, 6.45) is 1.35. The summed E-state index contributed by atoms with van der Waals surface area (Å²) in [5, 5.41) is 3.81. The number of rotatable bonds is 7. The molecule has 0 saturated carbocycles. The third kappa shape index (κ3) is 5.59. The zero-order valence-electron chi connectivity index (χ0n) is 16.4. The van der Waals surface area contributed by atoms with E-state index in [4.69, 9.17) is 11.6 Å². The minimum atomic E-state index is -0.338. The highest BCUT2D eigenvalue weighted by atomic mass is 35.5.